The monoisotopic (exact) mass is 486 g/mol. The Balaban J connectivity index is 1.62. The molecule has 34 heavy (non-hydrogen) atoms. The largest absolute Gasteiger partial charge is 0.462 e. The summed E-state index contributed by atoms with van der Waals surface area (Å²) in [5.74, 6) is -2.08. The highest BCUT2D eigenvalue weighted by molar-refractivity contribution is 7.17. The van der Waals surface area contributed by atoms with Gasteiger partial charge in [0.15, 0.2) is 6.61 Å². The smallest absolute Gasteiger partial charge is 0.341 e. The van der Waals surface area contributed by atoms with E-state index in [-0.39, 0.29) is 12.5 Å². The molecule has 182 valence electrons. The molecule has 0 radical (unpaired) electrons. The fourth-order valence-corrected chi connectivity index (χ4v) is 5.14. The standard InChI is InChI=1S/C25H30N2O6S/c1-3-10-18(26-22(29)16-11-6-5-7-12-16)24(30)33-15-20(28)27-23-21(25(31)32-4-2)17-13-8-9-14-19(17)34-23/h5-7,11-12,18H,3-4,8-10,13-15H2,1-2H3,(H,26,29)(H,27,28). The second-order valence-corrected chi connectivity index (χ2v) is 9.08. The zero-order valence-electron chi connectivity index (χ0n) is 19.5. The summed E-state index contributed by atoms with van der Waals surface area (Å²) in [5.41, 5.74) is 1.77. The third kappa shape index (κ3) is 6.44. The summed E-state index contributed by atoms with van der Waals surface area (Å²) in [6, 6.07) is 7.70. The molecule has 1 aliphatic rings. The van der Waals surface area contributed by atoms with Crippen LogP contribution in [0, 0.1) is 0 Å². The zero-order valence-corrected chi connectivity index (χ0v) is 20.3. The van der Waals surface area contributed by atoms with Gasteiger partial charge in [-0.3, -0.25) is 9.59 Å². The van der Waals surface area contributed by atoms with Crippen LogP contribution in [0.15, 0.2) is 30.3 Å². The van der Waals surface area contributed by atoms with Gasteiger partial charge in [-0.25, -0.2) is 9.59 Å². The number of amides is 2. The SMILES string of the molecule is CCCC(NC(=O)c1ccccc1)C(=O)OCC(=O)Nc1sc2c(c1C(=O)OCC)CCCC2. The number of fused-ring (bicyclic) bond motifs is 1. The number of carbonyl (C=O) groups excluding carboxylic acids is 4. The van der Waals surface area contributed by atoms with Crippen LogP contribution < -0.4 is 10.6 Å². The molecule has 2 N–H and O–H groups in total. The van der Waals surface area contributed by atoms with E-state index < -0.39 is 30.5 Å². The van der Waals surface area contributed by atoms with Gasteiger partial charge in [0.05, 0.1) is 12.2 Å². The molecule has 0 fully saturated rings. The van der Waals surface area contributed by atoms with Crippen molar-refractivity contribution in [2.75, 3.05) is 18.5 Å². The number of carbonyl (C=O) groups is 4. The number of thiophene rings is 1. The molecular weight excluding hydrogens is 456 g/mol. The normalized spacial score (nSPS) is 13.4. The first-order valence-corrected chi connectivity index (χ1v) is 12.4. The Bertz CT molecular complexity index is 1030. The van der Waals surface area contributed by atoms with E-state index in [0.717, 1.165) is 36.1 Å². The first-order valence-electron chi connectivity index (χ1n) is 11.6. The number of anilines is 1. The Morgan fingerprint density at radius 2 is 1.76 bits per heavy atom. The summed E-state index contributed by atoms with van der Waals surface area (Å²) in [5, 5.41) is 5.81. The Labute approximate surface area is 203 Å². The zero-order chi connectivity index (χ0) is 24.5. The fourth-order valence-electron chi connectivity index (χ4n) is 3.84. The van der Waals surface area contributed by atoms with Crippen molar-refractivity contribution in [3.8, 4) is 0 Å². The maximum atomic E-state index is 12.6. The van der Waals surface area contributed by atoms with Crippen LogP contribution in [0.3, 0.4) is 0 Å². The lowest BCUT2D eigenvalue weighted by atomic mass is 9.95. The van der Waals surface area contributed by atoms with Crippen molar-refractivity contribution in [3.63, 3.8) is 0 Å². The van der Waals surface area contributed by atoms with Gasteiger partial charge in [-0.2, -0.15) is 0 Å². The maximum Gasteiger partial charge on any atom is 0.341 e. The Morgan fingerprint density at radius 3 is 2.47 bits per heavy atom. The number of nitrogens with one attached hydrogen (secondary N) is 2. The summed E-state index contributed by atoms with van der Waals surface area (Å²) in [6.45, 7) is 3.34. The van der Waals surface area contributed by atoms with Gasteiger partial charge in [0.25, 0.3) is 11.8 Å². The van der Waals surface area contributed by atoms with Crippen LogP contribution in [0.5, 0.6) is 0 Å². The minimum atomic E-state index is -0.866. The van der Waals surface area contributed by atoms with Gasteiger partial charge in [-0.15, -0.1) is 11.3 Å². The molecule has 0 aliphatic heterocycles. The van der Waals surface area contributed by atoms with Gasteiger partial charge in [0.2, 0.25) is 0 Å². The lowest BCUT2D eigenvalue weighted by molar-refractivity contribution is -0.149. The highest BCUT2D eigenvalue weighted by Gasteiger charge is 2.28. The van der Waals surface area contributed by atoms with E-state index in [1.807, 2.05) is 6.92 Å². The third-order valence-electron chi connectivity index (χ3n) is 5.45. The van der Waals surface area contributed by atoms with E-state index in [2.05, 4.69) is 10.6 Å². The van der Waals surface area contributed by atoms with Crippen LogP contribution >= 0.6 is 11.3 Å². The number of esters is 2. The van der Waals surface area contributed by atoms with Crippen molar-refractivity contribution in [2.24, 2.45) is 0 Å². The van der Waals surface area contributed by atoms with Crippen LogP contribution in [0.2, 0.25) is 0 Å². The van der Waals surface area contributed by atoms with Gasteiger partial charge >= 0.3 is 11.9 Å². The van der Waals surface area contributed by atoms with Crippen molar-refractivity contribution in [3.05, 3.63) is 51.9 Å². The lowest BCUT2D eigenvalue weighted by Gasteiger charge is -2.17. The van der Waals surface area contributed by atoms with E-state index >= 15 is 0 Å². The Kier molecular flexibility index (Phi) is 9.21. The molecule has 0 saturated heterocycles. The molecule has 1 aromatic carbocycles. The number of ether oxygens (including phenoxy) is 2. The molecule has 2 amide bonds. The Morgan fingerprint density at radius 1 is 1.03 bits per heavy atom. The molecule has 3 rings (SSSR count). The second-order valence-electron chi connectivity index (χ2n) is 7.97. The molecule has 0 bridgehead atoms. The molecule has 1 unspecified atom stereocenters. The summed E-state index contributed by atoms with van der Waals surface area (Å²) in [4.78, 5) is 51.2. The number of rotatable bonds is 10. The van der Waals surface area contributed by atoms with Gasteiger partial charge in [-0.1, -0.05) is 31.5 Å². The molecule has 9 heteroatoms. The number of benzene rings is 1. The topological polar surface area (TPSA) is 111 Å². The number of hydrogen-bond acceptors (Lipinski definition) is 7. The van der Waals surface area contributed by atoms with Crippen molar-refractivity contribution in [1.29, 1.82) is 0 Å². The predicted octanol–water partition coefficient (Wildman–Crippen LogP) is 3.88. The molecule has 1 heterocycles. The van der Waals surface area contributed by atoms with Crippen molar-refractivity contribution in [2.45, 2.75) is 58.4 Å². The maximum absolute atomic E-state index is 12.6. The summed E-state index contributed by atoms with van der Waals surface area (Å²) in [6.07, 6.45) is 4.67. The average molecular weight is 487 g/mol. The molecule has 2 aromatic rings. The number of aryl methyl sites for hydroxylation is 1. The molecule has 1 aliphatic carbocycles. The molecule has 0 saturated carbocycles. The first kappa shape index (κ1) is 25.4. The van der Waals surface area contributed by atoms with E-state index in [1.54, 1.807) is 37.3 Å². The summed E-state index contributed by atoms with van der Waals surface area (Å²) in [7, 11) is 0. The van der Waals surface area contributed by atoms with Gasteiger partial charge in [-0.05, 0) is 56.7 Å². The van der Waals surface area contributed by atoms with Crippen LogP contribution in [0.25, 0.3) is 0 Å². The summed E-state index contributed by atoms with van der Waals surface area (Å²) < 4.78 is 10.4. The first-order chi connectivity index (χ1) is 16.4. The van der Waals surface area contributed by atoms with E-state index in [9.17, 15) is 19.2 Å². The molecule has 8 nitrogen and oxygen atoms in total. The van der Waals surface area contributed by atoms with E-state index in [4.69, 9.17) is 9.47 Å². The van der Waals surface area contributed by atoms with Gasteiger partial charge in [0, 0.05) is 10.4 Å². The van der Waals surface area contributed by atoms with Crippen LogP contribution in [0.4, 0.5) is 5.00 Å². The molecule has 1 atom stereocenters. The fraction of sp³-hybridized carbons (Fsp3) is 0.440. The highest BCUT2D eigenvalue weighted by atomic mass is 32.1. The average Bonchev–Trinajstić information content (AvgIpc) is 3.20. The quantitative estimate of drug-likeness (QED) is 0.493. The molecular formula is C25H30N2O6S. The minimum Gasteiger partial charge on any atom is -0.462 e. The Hall–Kier alpha value is -3.20. The third-order valence-corrected chi connectivity index (χ3v) is 6.66. The highest BCUT2D eigenvalue weighted by Crippen LogP contribution is 2.38. The van der Waals surface area contributed by atoms with Crippen LogP contribution in [-0.4, -0.2) is 43.0 Å². The molecule has 1 aromatic heterocycles. The van der Waals surface area contributed by atoms with Gasteiger partial charge < -0.3 is 20.1 Å². The molecule has 0 spiro atoms. The van der Waals surface area contributed by atoms with E-state index in [1.165, 1.54) is 11.3 Å². The van der Waals surface area contributed by atoms with Crippen molar-refractivity contribution < 1.29 is 28.7 Å². The van der Waals surface area contributed by atoms with E-state index in [0.29, 0.717) is 29.0 Å². The van der Waals surface area contributed by atoms with Crippen LogP contribution in [-0.2, 0) is 31.9 Å². The summed E-state index contributed by atoms with van der Waals surface area (Å²) >= 11 is 1.37. The number of hydrogen-bond donors (Lipinski definition) is 2. The van der Waals surface area contributed by atoms with Gasteiger partial charge in [0.1, 0.15) is 11.0 Å². The predicted molar refractivity (Wildman–Crippen MR) is 129 cm³/mol. The van der Waals surface area contributed by atoms with Crippen molar-refractivity contribution in [1.82, 2.24) is 5.32 Å². The van der Waals surface area contributed by atoms with Crippen molar-refractivity contribution >= 4 is 40.1 Å². The second kappa shape index (κ2) is 12.3. The van der Waals surface area contributed by atoms with Crippen LogP contribution in [0.1, 0.15) is 70.7 Å². The lowest BCUT2D eigenvalue weighted by Crippen LogP contribution is -2.42. The minimum absolute atomic E-state index is 0.238.